The summed E-state index contributed by atoms with van der Waals surface area (Å²) in [7, 11) is -3.82. The van der Waals surface area contributed by atoms with Crippen LogP contribution in [0.1, 0.15) is 37.0 Å². The molecule has 152 valence electrons. The monoisotopic (exact) mass is 466 g/mol. The third-order valence-corrected chi connectivity index (χ3v) is 7.06. The van der Waals surface area contributed by atoms with Crippen molar-refractivity contribution in [1.29, 1.82) is 0 Å². The highest BCUT2D eigenvalue weighted by Gasteiger charge is 2.30. The van der Waals surface area contributed by atoms with Crippen LogP contribution in [0, 0.1) is 26.7 Å². The largest absolute Gasteiger partial charge is 0.324 e. The fourth-order valence-corrected chi connectivity index (χ4v) is 4.56. The highest BCUT2D eigenvalue weighted by molar-refractivity contribution is 9.10. The van der Waals surface area contributed by atoms with Gasteiger partial charge in [0.2, 0.25) is 15.9 Å². The summed E-state index contributed by atoms with van der Waals surface area (Å²) >= 11 is 3.46. The van der Waals surface area contributed by atoms with Crippen molar-refractivity contribution in [2.24, 2.45) is 5.92 Å². The van der Waals surface area contributed by atoms with Crippen molar-refractivity contribution in [3.63, 3.8) is 0 Å². The molecule has 0 fully saturated rings. The van der Waals surface area contributed by atoms with Gasteiger partial charge in [0, 0.05) is 4.47 Å². The maximum absolute atomic E-state index is 13.0. The average Bonchev–Trinajstić information content (AvgIpc) is 2.63. The van der Waals surface area contributed by atoms with Crippen LogP contribution >= 0.6 is 15.9 Å². The molecule has 28 heavy (non-hydrogen) atoms. The number of carbonyl (C=O) groups excluding carboxylic acids is 1. The molecule has 2 aromatic rings. The first-order valence-corrected chi connectivity index (χ1v) is 11.5. The molecule has 0 unspecified atom stereocenters. The molecule has 7 heteroatoms. The number of carbonyl (C=O) groups is 1. The summed E-state index contributed by atoms with van der Waals surface area (Å²) in [6, 6.07) is 9.48. The predicted molar refractivity (Wildman–Crippen MR) is 117 cm³/mol. The Bertz CT molecular complexity index is 956. The number of anilines is 1. The summed E-state index contributed by atoms with van der Waals surface area (Å²) in [6.07, 6.45) is 0.655. The molecule has 5 nitrogen and oxygen atoms in total. The minimum absolute atomic E-state index is 0.145. The number of amides is 1. The van der Waals surface area contributed by atoms with E-state index in [-0.39, 0.29) is 16.7 Å². The van der Waals surface area contributed by atoms with Gasteiger partial charge in [-0.15, -0.1) is 0 Å². The van der Waals surface area contributed by atoms with Crippen molar-refractivity contribution < 1.29 is 13.2 Å². The van der Waals surface area contributed by atoms with Crippen LogP contribution in [0.25, 0.3) is 0 Å². The predicted octanol–water partition coefficient (Wildman–Crippen LogP) is 4.71. The SMILES string of the molecule is CC[C@@H](C)[C@@H](NS(=O)(=O)c1ccc(C)cc1)C(=O)Nc1cc(C)c(C)cc1Br. The van der Waals surface area contributed by atoms with Gasteiger partial charge in [0.1, 0.15) is 6.04 Å². The van der Waals surface area contributed by atoms with Gasteiger partial charge in [-0.25, -0.2) is 8.42 Å². The van der Waals surface area contributed by atoms with Crippen molar-refractivity contribution in [1.82, 2.24) is 4.72 Å². The lowest BCUT2D eigenvalue weighted by Crippen LogP contribution is -2.47. The molecule has 0 saturated heterocycles. The van der Waals surface area contributed by atoms with Gasteiger partial charge >= 0.3 is 0 Å². The van der Waals surface area contributed by atoms with Crippen molar-refractivity contribution >= 4 is 37.5 Å². The number of benzene rings is 2. The Kier molecular flexibility index (Phi) is 7.42. The van der Waals surface area contributed by atoms with E-state index >= 15 is 0 Å². The summed E-state index contributed by atoms with van der Waals surface area (Å²) in [5.74, 6) is -0.556. The highest BCUT2D eigenvalue weighted by Crippen LogP contribution is 2.27. The van der Waals surface area contributed by atoms with Crippen LogP contribution in [0.2, 0.25) is 0 Å². The minimum atomic E-state index is -3.82. The summed E-state index contributed by atoms with van der Waals surface area (Å²) in [6.45, 7) is 9.63. The Labute approximate surface area is 176 Å². The van der Waals surface area contributed by atoms with Gasteiger partial charge in [-0.1, -0.05) is 38.0 Å². The van der Waals surface area contributed by atoms with Crippen molar-refractivity contribution in [2.75, 3.05) is 5.32 Å². The lowest BCUT2D eigenvalue weighted by atomic mass is 9.99. The van der Waals surface area contributed by atoms with Gasteiger partial charge < -0.3 is 5.32 Å². The van der Waals surface area contributed by atoms with E-state index in [1.807, 2.05) is 46.8 Å². The van der Waals surface area contributed by atoms with E-state index in [0.717, 1.165) is 21.2 Å². The fourth-order valence-electron chi connectivity index (χ4n) is 2.70. The molecular formula is C21H27BrN2O3S. The molecular weight excluding hydrogens is 440 g/mol. The third-order valence-electron chi connectivity index (χ3n) is 4.95. The summed E-state index contributed by atoms with van der Waals surface area (Å²) < 4.78 is 28.9. The molecule has 0 bridgehead atoms. The van der Waals surface area contributed by atoms with E-state index in [9.17, 15) is 13.2 Å². The summed E-state index contributed by atoms with van der Waals surface area (Å²) in [5.41, 5.74) is 3.73. The zero-order chi connectivity index (χ0) is 21.1. The molecule has 0 saturated carbocycles. The Balaban J connectivity index is 2.29. The van der Waals surface area contributed by atoms with Crippen LogP contribution in [-0.4, -0.2) is 20.4 Å². The number of aryl methyl sites for hydroxylation is 3. The lowest BCUT2D eigenvalue weighted by molar-refractivity contribution is -0.118. The van der Waals surface area contributed by atoms with Crippen LogP contribution in [0.4, 0.5) is 5.69 Å². The van der Waals surface area contributed by atoms with E-state index in [4.69, 9.17) is 0 Å². The van der Waals surface area contributed by atoms with Crippen molar-refractivity contribution in [2.45, 2.75) is 52.0 Å². The number of sulfonamides is 1. The van der Waals surface area contributed by atoms with Crippen LogP contribution in [0.15, 0.2) is 45.8 Å². The van der Waals surface area contributed by atoms with Gasteiger partial charge in [-0.05, 0) is 78.0 Å². The van der Waals surface area contributed by atoms with E-state index in [2.05, 4.69) is 26.0 Å². The first kappa shape index (κ1) is 22.6. The Morgan fingerprint density at radius 2 is 1.64 bits per heavy atom. The second-order valence-corrected chi connectivity index (χ2v) is 9.77. The van der Waals surface area contributed by atoms with E-state index in [1.165, 1.54) is 0 Å². The molecule has 2 aromatic carbocycles. The van der Waals surface area contributed by atoms with Gasteiger partial charge in [0.15, 0.2) is 0 Å². The van der Waals surface area contributed by atoms with E-state index in [1.54, 1.807) is 24.3 Å². The van der Waals surface area contributed by atoms with Gasteiger partial charge in [-0.3, -0.25) is 4.79 Å². The number of hydrogen-bond acceptors (Lipinski definition) is 3. The second kappa shape index (κ2) is 9.20. The zero-order valence-corrected chi connectivity index (χ0v) is 19.2. The molecule has 0 aliphatic heterocycles. The van der Waals surface area contributed by atoms with Gasteiger partial charge in [0.25, 0.3) is 0 Å². The second-order valence-electron chi connectivity index (χ2n) is 7.20. The van der Waals surface area contributed by atoms with E-state index < -0.39 is 16.1 Å². The first-order valence-electron chi connectivity index (χ1n) is 9.21. The van der Waals surface area contributed by atoms with E-state index in [0.29, 0.717) is 12.1 Å². The topological polar surface area (TPSA) is 75.3 Å². The number of rotatable bonds is 7. The Morgan fingerprint density at radius 3 is 2.21 bits per heavy atom. The zero-order valence-electron chi connectivity index (χ0n) is 16.8. The molecule has 2 N–H and O–H groups in total. The van der Waals surface area contributed by atoms with Crippen molar-refractivity contribution in [3.8, 4) is 0 Å². The quantitative estimate of drug-likeness (QED) is 0.620. The molecule has 2 atom stereocenters. The minimum Gasteiger partial charge on any atom is -0.324 e. The molecule has 0 heterocycles. The molecule has 0 radical (unpaired) electrons. The molecule has 0 spiro atoms. The summed E-state index contributed by atoms with van der Waals surface area (Å²) in [4.78, 5) is 13.1. The molecule has 1 amide bonds. The Hall–Kier alpha value is -1.70. The lowest BCUT2D eigenvalue weighted by Gasteiger charge is -2.24. The highest BCUT2D eigenvalue weighted by atomic mass is 79.9. The Morgan fingerprint density at radius 1 is 1.07 bits per heavy atom. The van der Waals surface area contributed by atoms with Gasteiger partial charge in [0.05, 0.1) is 10.6 Å². The smallest absolute Gasteiger partial charge is 0.242 e. The van der Waals surface area contributed by atoms with Crippen LogP contribution in [0.5, 0.6) is 0 Å². The van der Waals surface area contributed by atoms with Gasteiger partial charge in [-0.2, -0.15) is 4.72 Å². The molecule has 0 aliphatic rings. The van der Waals surface area contributed by atoms with Crippen LogP contribution in [-0.2, 0) is 14.8 Å². The molecule has 0 aliphatic carbocycles. The number of halogens is 1. The summed E-state index contributed by atoms with van der Waals surface area (Å²) in [5, 5.41) is 2.86. The average molecular weight is 467 g/mol. The number of nitrogens with one attached hydrogen (secondary N) is 2. The maximum Gasteiger partial charge on any atom is 0.242 e. The molecule has 2 rings (SSSR count). The normalized spacial score (nSPS) is 13.8. The standard InChI is InChI=1S/C21H27BrN2O3S/c1-6-14(3)20(24-28(26,27)17-9-7-13(2)8-10-17)21(25)23-19-12-16(5)15(4)11-18(19)22/h7-12,14,20,24H,6H2,1-5H3,(H,23,25)/t14-,20-/m1/s1. The first-order chi connectivity index (χ1) is 13.0. The van der Waals surface area contributed by atoms with Crippen LogP contribution in [0.3, 0.4) is 0 Å². The van der Waals surface area contributed by atoms with Crippen molar-refractivity contribution in [3.05, 3.63) is 57.6 Å². The fraction of sp³-hybridized carbons (Fsp3) is 0.381. The maximum atomic E-state index is 13.0. The molecule has 0 aromatic heterocycles. The number of hydrogen-bond donors (Lipinski definition) is 2. The van der Waals surface area contributed by atoms with Crippen LogP contribution < -0.4 is 10.0 Å². The third kappa shape index (κ3) is 5.43.